The highest BCUT2D eigenvalue weighted by molar-refractivity contribution is 6.43. The molecule has 54 valence electrons. The van der Waals surface area contributed by atoms with Gasteiger partial charge in [-0.1, -0.05) is 6.58 Å². The monoisotopic (exact) mass is 138 g/mol. The summed E-state index contributed by atoms with van der Waals surface area (Å²) in [5.74, 6) is 0.598. The molecule has 0 amide bonds. The molecular weight excluding hydrogens is 128 g/mol. The average Bonchev–Trinajstić information content (AvgIpc) is 2.04. The van der Waals surface area contributed by atoms with E-state index in [1.807, 2.05) is 0 Å². The Labute approximate surface area is 60.1 Å². The van der Waals surface area contributed by atoms with Crippen molar-refractivity contribution in [2.45, 2.75) is 0 Å². The van der Waals surface area contributed by atoms with Gasteiger partial charge in [0.25, 0.3) is 0 Å². The standard InChI is InChI=1S/C7H10N2O/c1-3-6-7(8-2)10-5-4-9-6/h3H,1,4-5H2,2H3. The van der Waals surface area contributed by atoms with Crippen LogP contribution in [0.25, 0.3) is 0 Å². The maximum absolute atomic E-state index is 5.18. The predicted octanol–water partition coefficient (Wildman–Crippen LogP) is 0.672. The lowest BCUT2D eigenvalue weighted by Crippen LogP contribution is -2.23. The molecule has 1 rings (SSSR count). The van der Waals surface area contributed by atoms with Gasteiger partial charge in [-0.3, -0.25) is 9.98 Å². The molecule has 0 atom stereocenters. The fraction of sp³-hybridized carbons (Fsp3) is 0.429. The van der Waals surface area contributed by atoms with Crippen LogP contribution in [0, 0.1) is 0 Å². The fourth-order valence-corrected chi connectivity index (χ4v) is 0.781. The van der Waals surface area contributed by atoms with Gasteiger partial charge in [-0.25, -0.2) is 0 Å². The van der Waals surface area contributed by atoms with Crippen LogP contribution in [-0.2, 0) is 4.74 Å². The van der Waals surface area contributed by atoms with Gasteiger partial charge in [0.05, 0.1) is 6.54 Å². The first kappa shape index (κ1) is 6.99. The molecule has 3 nitrogen and oxygen atoms in total. The number of aliphatic imine (C=N–C) groups is 2. The number of rotatable bonds is 1. The fourth-order valence-electron chi connectivity index (χ4n) is 0.781. The Kier molecular flexibility index (Phi) is 2.20. The van der Waals surface area contributed by atoms with Crippen LogP contribution in [-0.4, -0.2) is 31.8 Å². The zero-order valence-corrected chi connectivity index (χ0v) is 6.00. The van der Waals surface area contributed by atoms with E-state index in [9.17, 15) is 0 Å². The lowest BCUT2D eigenvalue weighted by Gasteiger charge is -2.12. The zero-order valence-electron chi connectivity index (χ0n) is 6.00. The number of nitrogens with zero attached hydrogens (tertiary/aromatic N) is 2. The van der Waals surface area contributed by atoms with Crippen LogP contribution in [0.5, 0.6) is 0 Å². The quantitative estimate of drug-likeness (QED) is 0.524. The van der Waals surface area contributed by atoms with Gasteiger partial charge in [0.15, 0.2) is 0 Å². The normalized spacial score (nSPS) is 21.7. The van der Waals surface area contributed by atoms with E-state index in [0.29, 0.717) is 19.0 Å². The van der Waals surface area contributed by atoms with Crippen molar-refractivity contribution in [2.24, 2.45) is 9.98 Å². The Morgan fingerprint density at radius 3 is 3.10 bits per heavy atom. The number of ether oxygens (including phenoxy) is 1. The predicted molar refractivity (Wildman–Crippen MR) is 41.8 cm³/mol. The minimum atomic E-state index is 0.598. The summed E-state index contributed by atoms with van der Waals surface area (Å²) in [5.41, 5.74) is 0.758. The van der Waals surface area contributed by atoms with Crippen molar-refractivity contribution in [2.75, 3.05) is 20.2 Å². The van der Waals surface area contributed by atoms with Crippen LogP contribution in [0.15, 0.2) is 22.6 Å². The average molecular weight is 138 g/mol. The van der Waals surface area contributed by atoms with Gasteiger partial charge < -0.3 is 4.74 Å². The van der Waals surface area contributed by atoms with Crippen LogP contribution in [0.4, 0.5) is 0 Å². The minimum Gasteiger partial charge on any atom is -0.474 e. The molecule has 1 heterocycles. The van der Waals surface area contributed by atoms with E-state index in [1.165, 1.54) is 0 Å². The third kappa shape index (κ3) is 1.23. The van der Waals surface area contributed by atoms with Crippen molar-refractivity contribution in [1.82, 2.24) is 0 Å². The molecule has 0 aromatic heterocycles. The van der Waals surface area contributed by atoms with Crippen LogP contribution in [0.1, 0.15) is 0 Å². The molecule has 0 aliphatic carbocycles. The Bertz CT molecular complexity index is 194. The van der Waals surface area contributed by atoms with Gasteiger partial charge >= 0.3 is 0 Å². The van der Waals surface area contributed by atoms with Gasteiger partial charge in [0.2, 0.25) is 5.90 Å². The van der Waals surface area contributed by atoms with E-state index < -0.39 is 0 Å². The van der Waals surface area contributed by atoms with E-state index >= 15 is 0 Å². The lowest BCUT2D eigenvalue weighted by atomic mass is 10.3. The molecule has 1 aliphatic heterocycles. The largest absolute Gasteiger partial charge is 0.474 e. The molecule has 0 bridgehead atoms. The summed E-state index contributed by atoms with van der Waals surface area (Å²) in [5, 5.41) is 0. The summed E-state index contributed by atoms with van der Waals surface area (Å²) in [4.78, 5) is 8.04. The smallest absolute Gasteiger partial charge is 0.234 e. The maximum atomic E-state index is 5.18. The zero-order chi connectivity index (χ0) is 7.40. The first-order valence-corrected chi connectivity index (χ1v) is 3.15. The lowest BCUT2D eigenvalue weighted by molar-refractivity contribution is 0.314. The SMILES string of the molecule is C=CC1=NCCOC1=NC. The molecule has 0 aromatic carbocycles. The second-order valence-electron chi connectivity index (χ2n) is 1.85. The van der Waals surface area contributed by atoms with Crippen LogP contribution in [0.3, 0.4) is 0 Å². The maximum Gasteiger partial charge on any atom is 0.234 e. The Morgan fingerprint density at radius 2 is 2.60 bits per heavy atom. The van der Waals surface area contributed by atoms with Crippen molar-refractivity contribution in [3.05, 3.63) is 12.7 Å². The van der Waals surface area contributed by atoms with Crippen molar-refractivity contribution < 1.29 is 4.74 Å². The van der Waals surface area contributed by atoms with Crippen LogP contribution in [0.2, 0.25) is 0 Å². The highest BCUT2D eigenvalue weighted by atomic mass is 16.5. The first-order chi connectivity index (χ1) is 4.88. The molecule has 0 spiro atoms. The summed E-state index contributed by atoms with van der Waals surface area (Å²) >= 11 is 0. The number of hydrogen-bond acceptors (Lipinski definition) is 3. The van der Waals surface area contributed by atoms with E-state index in [1.54, 1.807) is 13.1 Å². The molecule has 0 saturated carbocycles. The van der Waals surface area contributed by atoms with Crippen molar-refractivity contribution >= 4 is 11.6 Å². The third-order valence-corrected chi connectivity index (χ3v) is 1.23. The van der Waals surface area contributed by atoms with Gasteiger partial charge in [-0.05, 0) is 6.08 Å². The molecule has 0 fully saturated rings. The van der Waals surface area contributed by atoms with Crippen molar-refractivity contribution in [3.8, 4) is 0 Å². The second-order valence-corrected chi connectivity index (χ2v) is 1.85. The van der Waals surface area contributed by atoms with Gasteiger partial charge in [0, 0.05) is 7.05 Å². The minimum absolute atomic E-state index is 0.598. The molecule has 10 heavy (non-hydrogen) atoms. The van der Waals surface area contributed by atoms with Gasteiger partial charge in [-0.2, -0.15) is 0 Å². The highest BCUT2D eigenvalue weighted by Gasteiger charge is 2.09. The highest BCUT2D eigenvalue weighted by Crippen LogP contribution is 1.96. The van der Waals surface area contributed by atoms with E-state index in [2.05, 4.69) is 16.6 Å². The molecule has 1 aliphatic rings. The van der Waals surface area contributed by atoms with Crippen LogP contribution < -0.4 is 0 Å². The van der Waals surface area contributed by atoms with E-state index in [4.69, 9.17) is 4.74 Å². The van der Waals surface area contributed by atoms with Gasteiger partial charge in [0.1, 0.15) is 12.3 Å². The molecule has 3 heteroatoms. The van der Waals surface area contributed by atoms with Crippen molar-refractivity contribution in [1.29, 1.82) is 0 Å². The molecule has 0 N–H and O–H groups in total. The summed E-state index contributed by atoms with van der Waals surface area (Å²) in [6, 6.07) is 0. The molecule has 0 radical (unpaired) electrons. The Hall–Kier alpha value is -1.12. The summed E-state index contributed by atoms with van der Waals surface area (Å²) in [7, 11) is 1.68. The van der Waals surface area contributed by atoms with Gasteiger partial charge in [-0.15, -0.1) is 0 Å². The Balaban J connectivity index is 2.82. The summed E-state index contributed by atoms with van der Waals surface area (Å²) < 4.78 is 5.18. The second kappa shape index (κ2) is 3.15. The third-order valence-electron chi connectivity index (χ3n) is 1.23. The topological polar surface area (TPSA) is 34.0 Å². The number of hydrogen-bond donors (Lipinski definition) is 0. The van der Waals surface area contributed by atoms with E-state index in [-0.39, 0.29) is 0 Å². The molecule has 0 unspecified atom stereocenters. The first-order valence-electron chi connectivity index (χ1n) is 3.15. The Morgan fingerprint density at radius 1 is 1.80 bits per heavy atom. The molecule has 0 saturated heterocycles. The van der Waals surface area contributed by atoms with Crippen molar-refractivity contribution in [3.63, 3.8) is 0 Å². The van der Waals surface area contributed by atoms with E-state index in [0.717, 1.165) is 5.71 Å². The molecule has 0 aromatic rings. The molecular formula is C7H10N2O. The summed E-state index contributed by atoms with van der Waals surface area (Å²) in [6.07, 6.45) is 1.65. The summed E-state index contributed by atoms with van der Waals surface area (Å²) in [6.45, 7) is 4.93. The van der Waals surface area contributed by atoms with Crippen LogP contribution >= 0.6 is 0 Å².